The quantitative estimate of drug-likeness (QED) is 0.844. The summed E-state index contributed by atoms with van der Waals surface area (Å²) in [5, 5.41) is 4.56. The van der Waals surface area contributed by atoms with E-state index in [1.165, 1.54) is 35.8 Å². The maximum absolute atomic E-state index is 4.67. The molecule has 0 aliphatic heterocycles. The molecule has 0 saturated heterocycles. The summed E-state index contributed by atoms with van der Waals surface area (Å²) in [6.07, 6.45) is 3.67. The minimum atomic E-state index is 0.911. The number of anilines is 1. The fourth-order valence-corrected chi connectivity index (χ4v) is 2.21. The average molecular weight is 242 g/mol. The van der Waals surface area contributed by atoms with Crippen molar-refractivity contribution in [1.29, 1.82) is 0 Å². The number of rotatable bonds is 5. The highest BCUT2D eigenvalue weighted by molar-refractivity contribution is 5.82. The Balaban J connectivity index is 2.36. The van der Waals surface area contributed by atoms with Crippen LogP contribution in [0.25, 0.3) is 10.9 Å². The van der Waals surface area contributed by atoms with Crippen LogP contribution < -0.4 is 5.32 Å². The highest BCUT2D eigenvalue weighted by Crippen LogP contribution is 2.21. The second-order valence-corrected chi connectivity index (χ2v) is 4.81. The predicted octanol–water partition coefficient (Wildman–Crippen LogP) is 4.32. The Labute approximate surface area is 109 Å². The van der Waals surface area contributed by atoms with Crippen molar-refractivity contribution < 1.29 is 0 Å². The SMILES string of the molecule is CCCCc1ccc2nc(NCC)c(C)cc2c1. The number of fused-ring (bicyclic) bond motifs is 1. The number of pyridine rings is 1. The number of hydrogen-bond acceptors (Lipinski definition) is 2. The molecule has 0 aliphatic rings. The van der Waals surface area contributed by atoms with Crippen LogP contribution >= 0.6 is 0 Å². The van der Waals surface area contributed by atoms with E-state index in [0.717, 1.165) is 17.9 Å². The van der Waals surface area contributed by atoms with Gasteiger partial charge in [-0.15, -0.1) is 0 Å². The van der Waals surface area contributed by atoms with E-state index in [1.807, 2.05) is 0 Å². The van der Waals surface area contributed by atoms with Crippen LogP contribution in [-0.2, 0) is 6.42 Å². The van der Waals surface area contributed by atoms with E-state index in [-0.39, 0.29) is 0 Å². The number of aryl methyl sites for hydroxylation is 2. The molecule has 0 unspecified atom stereocenters. The first kappa shape index (κ1) is 12.9. The molecule has 2 heteroatoms. The monoisotopic (exact) mass is 242 g/mol. The largest absolute Gasteiger partial charge is 0.370 e. The van der Waals surface area contributed by atoms with Crippen LogP contribution in [0.3, 0.4) is 0 Å². The fraction of sp³-hybridized carbons (Fsp3) is 0.438. The Morgan fingerprint density at radius 3 is 2.72 bits per heavy atom. The first-order chi connectivity index (χ1) is 8.74. The zero-order valence-corrected chi connectivity index (χ0v) is 11.6. The van der Waals surface area contributed by atoms with Crippen molar-refractivity contribution >= 4 is 16.7 Å². The Hall–Kier alpha value is -1.57. The van der Waals surface area contributed by atoms with Gasteiger partial charge >= 0.3 is 0 Å². The van der Waals surface area contributed by atoms with Crippen LogP contribution in [0.1, 0.15) is 37.8 Å². The normalized spacial score (nSPS) is 10.8. The highest BCUT2D eigenvalue weighted by Gasteiger charge is 2.03. The summed E-state index contributed by atoms with van der Waals surface area (Å²) in [4.78, 5) is 4.67. The highest BCUT2D eigenvalue weighted by atomic mass is 15.0. The smallest absolute Gasteiger partial charge is 0.129 e. The molecular weight excluding hydrogens is 220 g/mol. The average Bonchev–Trinajstić information content (AvgIpc) is 2.37. The van der Waals surface area contributed by atoms with Crippen LogP contribution in [0.2, 0.25) is 0 Å². The van der Waals surface area contributed by atoms with Gasteiger partial charge in [0.25, 0.3) is 0 Å². The molecule has 0 spiro atoms. The van der Waals surface area contributed by atoms with Crippen LogP contribution in [0.4, 0.5) is 5.82 Å². The maximum atomic E-state index is 4.67. The molecule has 2 aromatic rings. The van der Waals surface area contributed by atoms with Gasteiger partial charge in [0.05, 0.1) is 5.52 Å². The molecule has 1 N–H and O–H groups in total. The van der Waals surface area contributed by atoms with Gasteiger partial charge < -0.3 is 5.32 Å². The van der Waals surface area contributed by atoms with E-state index in [1.54, 1.807) is 0 Å². The van der Waals surface area contributed by atoms with Crippen LogP contribution in [0, 0.1) is 6.92 Å². The lowest BCUT2D eigenvalue weighted by molar-refractivity contribution is 0.796. The van der Waals surface area contributed by atoms with E-state index in [0.29, 0.717) is 0 Å². The molecule has 18 heavy (non-hydrogen) atoms. The number of unbranched alkanes of at least 4 members (excludes halogenated alkanes) is 1. The van der Waals surface area contributed by atoms with Gasteiger partial charge in [-0.05, 0) is 56.0 Å². The lowest BCUT2D eigenvalue weighted by Gasteiger charge is -2.09. The van der Waals surface area contributed by atoms with Crippen LogP contribution in [0.5, 0.6) is 0 Å². The molecule has 0 bridgehead atoms. The van der Waals surface area contributed by atoms with Crippen molar-refractivity contribution in [3.05, 3.63) is 35.4 Å². The van der Waals surface area contributed by atoms with Crippen LogP contribution in [0.15, 0.2) is 24.3 Å². The van der Waals surface area contributed by atoms with Gasteiger partial charge in [0, 0.05) is 11.9 Å². The molecule has 96 valence electrons. The Morgan fingerprint density at radius 1 is 1.17 bits per heavy atom. The topological polar surface area (TPSA) is 24.9 Å². The Morgan fingerprint density at radius 2 is 2.00 bits per heavy atom. The van der Waals surface area contributed by atoms with Gasteiger partial charge in [-0.1, -0.05) is 19.4 Å². The van der Waals surface area contributed by atoms with E-state index in [4.69, 9.17) is 0 Å². The van der Waals surface area contributed by atoms with Crippen molar-refractivity contribution in [2.75, 3.05) is 11.9 Å². The molecule has 0 saturated carbocycles. The van der Waals surface area contributed by atoms with Crippen molar-refractivity contribution in [1.82, 2.24) is 4.98 Å². The molecule has 1 heterocycles. The van der Waals surface area contributed by atoms with Gasteiger partial charge in [0.1, 0.15) is 5.82 Å². The van der Waals surface area contributed by atoms with Crippen molar-refractivity contribution in [2.45, 2.75) is 40.0 Å². The lowest BCUT2D eigenvalue weighted by atomic mass is 10.0. The van der Waals surface area contributed by atoms with E-state index in [9.17, 15) is 0 Å². The Kier molecular flexibility index (Phi) is 4.19. The number of aromatic nitrogens is 1. The lowest BCUT2D eigenvalue weighted by Crippen LogP contribution is -2.01. The molecule has 1 aromatic heterocycles. The van der Waals surface area contributed by atoms with Crippen molar-refractivity contribution in [3.8, 4) is 0 Å². The molecular formula is C16H22N2. The third-order valence-electron chi connectivity index (χ3n) is 3.23. The van der Waals surface area contributed by atoms with E-state index < -0.39 is 0 Å². The van der Waals surface area contributed by atoms with E-state index >= 15 is 0 Å². The zero-order chi connectivity index (χ0) is 13.0. The summed E-state index contributed by atoms with van der Waals surface area (Å²) in [5.74, 6) is 1.01. The molecule has 2 nitrogen and oxygen atoms in total. The summed E-state index contributed by atoms with van der Waals surface area (Å²) in [6, 6.07) is 8.85. The standard InChI is InChI=1S/C16H22N2/c1-4-6-7-13-8-9-15-14(11-13)10-12(3)16(18-15)17-5-2/h8-11H,4-7H2,1-3H3,(H,17,18). The van der Waals surface area contributed by atoms with Crippen LogP contribution in [-0.4, -0.2) is 11.5 Å². The zero-order valence-electron chi connectivity index (χ0n) is 11.6. The third kappa shape index (κ3) is 2.81. The molecule has 0 atom stereocenters. The molecule has 0 fully saturated rings. The predicted molar refractivity (Wildman–Crippen MR) is 79.3 cm³/mol. The summed E-state index contributed by atoms with van der Waals surface area (Å²) < 4.78 is 0. The number of benzene rings is 1. The minimum absolute atomic E-state index is 0.911. The number of nitrogens with zero attached hydrogens (tertiary/aromatic N) is 1. The van der Waals surface area contributed by atoms with Gasteiger partial charge in [-0.2, -0.15) is 0 Å². The molecule has 0 aliphatic carbocycles. The molecule has 0 radical (unpaired) electrons. The Bertz CT molecular complexity index is 532. The van der Waals surface area contributed by atoms with Gasteiger partial charge in [0.2, 0.25) is 0 Å². The second-order valence-electron chi connectivity index (χ2n) is 4.81. The maximum Gasteiger partial charge on any atom is 0.129 e. The first-order valence-electron chi connectivity index (χ1n) is 6.88. The van der Waals surface area contributed by atoms with Crippen molar-refractivity contribution in [2.24, 2.45) is 0 Å². The molecule has 2 rings (SSSR count). The van der Waals surface area contributed by atoms with Gasteiger partial charge in [0.15, 0.2) is 0 Å². The number of nitrogens with one attached hydrogen (secondary N) is 1. The van der Waals surface area contributed by atoms with E-state index in [2.05, 4.69) is 55.3 Å². The molecule has 1 aromatic carbocycles. The van der Waals surface area contributed by atoms with Gasteiger partial charge in [-0.25, -0.2) is 4.98 Å². The number of hydrogen-bond donors (Lipinski definition) is 1. The molecule has 0 amide bonds. The third-order valence-corrected chi connectivity index (χ3v) is 3.23. The minimum Gasteiger partial charge on any atom is -0.370 e. The summed E-state index contributed by atoms with van der Waals surface area (Å²) in [6.45, 7) is 7.35. The second kappa shape index (κ2) is 5.85. The van der Waals surface area contributed by atoms with Crippen molar-refractivity contribution in [3.63, 3.8) is 0 Å². The summed E-state index contributed by atoms with van der Waals surface area (Å²) in [7, 11) is 0. The first-order valence-corrected chi connectivity index (χ1v) is 6.88. The fourth-order valence-electron chi connectivity index (χ4n) is 2.21. The summed E-state index contributed by atoms with van der Waals surface area (Å²) >= 11 is 0. The summed E-state index contributed by atoms with van der Waals surface area (Å²) in [5.41, 5.74) is 3.72. The van der Waals surface area contributed by atoms with Gasteiger partial charge in [-0.3, -0.25) is 0 Å².